The maximum absolute atomic E-state index is 11.8. The molecule has 1 fully saturated rings. The molecule has 0 aromatic carbocycles. The van der Waals surface area contributed by atoms with E-state index in [9.17, 15) is 9.90 Å². The Hall–Kier alpha value is -0.890. The molecular formula is C17H24O2. The lowest BCUT2D eigenvalue weighted by molar-refractivity contribution is -0.115. The van der Waals surface area contributed by atoms with Crippen molar-refractivity contribution in [3.63, 3.8) is 0 Å². The first kappa shape index (κ1) is 13.1. The summed E-state index contributed by atoms with van der Waals surface area (Å²) in [6.07, 6.45) is 10.3. The highest BCUT2D eigenvalue weighted by Gasteiger charge is 2.52. The first-order valence-corrected chi connectivity index (χ1v) is 7.55. The Kier molecular flexibility index (Phi) is 2.97. The molecule has 19 heavy (non-hydrogen) atoms. The van der Waals surface area contributed by atoms with Gasteiger partial charge in [0.05, 0.1) is 0 Å². The second kappa shape index (κ2) is 4.31. The number of allylic oxidation sites excluding steroid dienone is 4. The van der Waals surface area contributed by atoms with Crippen LogP contribution in [0.1, 0.15) is 52.4 Å². The van der Waals surface area contributed by atoms with Gasteiger partial charge in [-0.15, -0.1) is 0 Å². The van der Waals surface area contributed by atoms with Crippen LogP contribution in [0.5, 0.6) is 0 Å². The van der Waals surface area contributed by atoms with E-state index in [0.29, 0.717) is 12.3 Å². The topological polar surface area (TPSA) is 37.3 Å². The predicted octanol–water partition coefficient (Wildman–Crippen LogP) is 3.41. The Labute approximate surface area is 115 Å². The van der Waals surface area contributed by atoms with Gasteiger partial charge in [-0.2, -0.15) is 0 Å². The first-order chi connectivity index (χ1) is 8.99. The zero-order valence-electron chi connectivity index (χ0n) is 12.0. The third-order valence-corrected chi connectivity index (χ3v) is 5.92. The summed E-state index contributed by atoms with van der Waals surface area (Å²) in [5, 5.41) is 9.84. The van der Waals surface area contributed by atoms with Gasteiger partial charge >= 0.3 is 0 Å². The molecule has 3 aliphatic carbocycles. The minimum Gasteiger partial charge on any atom is -0.396 e. The number of carbonyl (C=O) groups is 1. The number of aliphatic hydroxyl groups is 1. The van der Waals surface area contributed by atoms with Gasteiger partial charge < -0.3 is 5.11 Å². The van der Waals surface area contributed by atoms with Crippen molar-refractivity contribution in [2.75, 3.05) is 6.61 Å². The number of rotatable bonds is 1. The Bertz CT molecular complexity index is 474. The lowest BCUT2D eigenvalue weighted by atomic mass is 9.49. The number of fused-ring (bicyclic) bond motifs is 3. The van der Waals surface area contributed by atoms with Crippen LogP contribution in [0, 0.1) is 16.7 Å². The summed E-state index contributed by atoms with van der Waals surface area (Å²) in [4.78, 5) is 11.8. The second-order valence-corrected chi connectivity index (χ2v) is 7.13. The molecule has 0 unspecified atom stereocenters. The van der Waals surface area contributed by atoms with Crippen molar-refractivity contribution in [1.29, 1.82) is 0 Å². The summed E-state index contributed by atoms with van der Waals surface area (Å²) >= 11 is 0. The van der Waals surface area contributed by atoms with E-state index in [0.717, 1.165) is 32.1 Å². The average Bonchev–Trinajstić information content (AvgIpc) is 2.39. The van der Waals surface area contributed by atoms with E-state index in [1.165, 1.54) is 11.1 Å². The monoisotopic (exact) mass is 260 g/mol. The molecule has 3 aliphatic rings. The van der Waals surface area contributed by atoms with E-state index in [2.05, 4.69) is 19.9 Å². The molecule has 3 rings (SSSR count). The molecule has 3 atom stereocenters. The molecule has 1 saturated carbocycles. The van der Waals surface area contributed by atoms with Crippen LogP contribution in [0.25, 0.3) is 0 Å². The smallest absolute Gasteiger partial charge is 0.156 e. The van der Waals surface area contributed by atoms with Crippen LogP contribution in [0.4, 0.5) is 0 Å². The molecule has 0 radical (unpaired) electrons. The standard InChI is InChI=1S/C17H24O2/c1-16(11-18)8-3-9-17(2)14-10-13(19)6-4-12(14)5-7-15(16)17/h5,10,15,18H,3-4,6-9,11H2,1-2H3/t15-,16-,17-/m1/s1. The molecular weight excluding hydrogens is 236 g/mol. The van der Waals surface area contributed by atoms with Crippen molar-refractivity contribution >= 4 is 5.78 Å². The number of ketones is 1. The minimum atomic E-state index is 0.0103. The molecule has 0 spiro atoms. The summed E-state index contributed by atoms with van der Waals surface area (Å²) in [6, 6.07) is 0. The SMILES string of the molecule is C[C@]1(CO)CCC[C@]2(C)C3=CC(=O)CCC3=CC[C@H]12. The van der Waals surface area contributed by atoms with Crippen molar-refractivity contribution in [1.82, 2.24) is 0 Å². The van der Waals surface area contributed by atoms with Crippen LogP contribution in [-0.2, 0) is 4.79 Å². The number of aliphatic hydroxyl groups excluding tert-OH is 1. The summed E-state index contributed by atoms with van der Waals surface area (Å²) < 4.78 is 0. The maximum Gasteiger partial charge on any atom is 0.156 e. The van der Waals surface area contributed by atoms with Crippen LogP contribution < -0.4 is 0 Å². The van der Waals surface area contributed by atoms with E-state index in [1.54, 1.807) is 0 Å². The van der Waals surface area contributed by atoms with Crippen LogP contribution in [-0.4, -0.2) is 17.5 Å². The molecule has 0 amide bonds. The van der Waals surface area contributed by atoms with E-state index in [1.807, 2.05) is 6.08 Å². The van der Waals surface area contributed by atoms with Crippen molar-refractivity contribution in [3.05, 3.63) is 23.3 Å². The summed E-state index contributed by atoms with van der Waals surface area (Å²) in [5.74, 6) is 0.755. The average molecular weight is 260 g/mol. The van der Waals surface area contributed by atoms with Gasteiger partial charge in [-0.1, -0.05) is 26.3 Å². The van der Waals surface area contributed by atoms with E-state index < -0.39 is 0 Å². The van der Waals surface area contributed by atoms with Gasteiger partial charge in [0.1, 0.15) is 0 Å². The van der Waals surface area contributed by atoms with Crippen LogP contribution in [0.15, 0.2) is 23.3 Å². The van der Waals surface area contributed by atoms with Gasteiger partial charge in [0, 0.05) is 13.0 Å². The second-order valence-electron chi connectivity index (χ2n) is 7.13. The van der Waals surface area contributed by atoms with Crippen LogP contribution >= 0.6 is 0 Å². The molecule has 0 aromatic heterocycles. The highest BCUT2D eigenvalue weighted by molar-refractivity contribution is 5.93. The van der Waals surface area contributed by atoms with Gasteiger partial charge in [0.25, 0.3) is 0 Å². The lowest BCUT2D eigenvalue weighted by Gasteiger charge is -2.55. The molecule has 0 saturated heterocycles. The van der Waals surface area contributed by atoms with E-state index in [4.69, 9.17) is 0 Å². The molecule has 0 bridgehead atoms. The zero-order valence-corrected chi connectivity index (χ0v) is 12.0. The molecule has 2 heteroatoms. The fourth-order valence-electron chi connectivity index (χ4n) is 4.76. The third kappa shape index (κ3) is 1.84. The van der Waals surface area contributed by atoms with Gasteiger partial charge in [0.15, 0.2) is 5.78 Å². The lowest BCUT2D eigenvalue weighted by Crippen LogP contribution is -2.48. The Morgan fingerprint density at radius 1 is 1.32 bits per heavy atom. The largest absolute Gasteiger partial charge is 0.396 e. The Balaban J connectivity index is 2.08. The van der Waals surface area contributed by atoms with Gasteiger partial charge in [-0.3, -0.25) is 4.79 Å². The molecule has 2 nitrogen and oxygen atoms in total. The van der Waals surface area contributed by atoms with Gasteiger partial charge in [-0.25, -0.2) is 0 Å². The highest BCUT2D eigenvalue weighted by Crippen LogP contribution is 2.60. The normalized spacial score (nSPS) is 42.1. The highest BCUT2D eigenvalue weighted by atomic mass is 16.3. The molecule has 0 aromatic rings. The molecule has 0 aliphatic heterocycles. The minimum absolute atomic E-state index is 0.0103. The predicted molar refractivity (Wildman–Crippen MR) is 75.7 cm³/mol. The number of hydrogen-bond acceptors (Lipinski definition) is 2. The Morgan fingerprint density at radius 3 is 2.84 bits per heavy atom. The summed E-state index contributed by atoms with van der Waals surface area (Å²) in [6.45, 7) is 4.80. The zero-order chi connectivity index (χ0) is 13.7. The van der Waals surface area contributed by atoms with E-state index >= 15 is 0 Å². The summed E-state index contributed by atoms with van der Waals surface area (Å²) in [7, 11) is 0. The summed E-state index contributed by atoms with van der Waals surface area (Å²) in [5.41, 5.74) is 2.80. The van der Waals surface area contributed by atoms with Crippen LogP contribution in [0.3, 0.4) is 0 Å². The molecule has 0 heterocycles. The van der Waals surface area contributed by atoms with Crippen molar-refractivity contribution < 1.29 is 9.90 Å². The molecule has 1 N–H and O–H groups in total. The third-order valence-electron chi connectivity index (χ3n) is 5.92. The molecule has 104 valence electrons. The fourth-order valence-corrected chi connectivity index (χ4v) is 4.76. The quantitative estimate of drug-likeness (QED) is 0.784. The van der Waals surface area contributed by atoms with Crippen LogP contribution in [0.2, 0.25) is 0 Å². The number of carbonyl (C=O) groups excluding carboxylic acids is 1. The van der Waals surface area contributed by atoms with Crippen molar-refractivity contribution in [2.24, 2.45) is 16.7 Å². The van der Waals surface area contributed by atoms with Gasteiger partial charge in [-0.05, 0) is 59.7 Å². The number of hydrogen-bond donors (Lipinski definition) is 1. The maximum atomic E-state index is 11.8. The fraction of sp³-hybridized carbons (Fsp3) is 0.706. The van der Waals surface area contributed by atoms with Gasteiger partial charge in [0.2, 0.25) is 0 Å². The Morgan fingerprint density at radius 2 is 2.11 bits per heavy atom. The van der Waals surface area contributed by atoms with Crippen molar-refractivity contribution in [2.45, 2.75) is 52.4 Å². The van der Waals surface area contributed by atoms with E-state index in [-0.39, 0.29) is 23.2 Å². The first-order valence-electron chi connectivity index (χ1n) is 7.55. The van der Waals surface area contributed by atoms with Crippen molar-refractivity contribution in [3.8, 4) is 0 Å².